The number of rotatable bonds is 7. The molecular formula is C23H18BrClN2O4. The number of esters is 1. The molecule has 0 spiro atoms. The van der Waals surface area contributed by atoms with Gasteiger partial charge in [-0.05, 0) is 48.9 Å². The van der Waals surface area contributed by atoms with Gasteiger partial charge in [0.2, 0.25) is 0 Å². The monoisotopic (exact) mass is 500 g/mol. The maximum Gasteiger partial charge on any atom is 0.343 e. The highest BCUT2D eigenvalue weighted by molar-refractivity contribution is 9.10. The molecule has 0 saturated carbocycles. The smallest absolute Gasteiger partial charge is 0.343 e. The number of hydrazone groups is 1. The van der Waals surface area contributed by atoms with Crippen molar-refractivity contribution < 1.29 is 19.1 Å². The highest BCUT2D eigenvalue weighted by atomic mass is 79.9. The lowest BCUT2D eigenvalue weighted by molar-refractivity contribution is -0.123. The first-order valence-electron chi connectivity index (χ1n) is 9.20. The van der Waals surface area contributed by atoms with Crippen molar-refractivity contribution in [1.29, 1.82) is 0 Å². The first-order valence-corrected chi connectivity index (χ1v) is 10.4. The zero-order chi connectivity index (χ0) is 22.2. The summed E-state index contributed by atoms with van der Waals surface area (Å²) in [4.78, 5) is 24.5. The van der Waals surface area contributed by atoms with Crippen molar-refractivity contribution in [3.8, 4) is 11.5 Å². The summed E-state index contributed by atoms with van der Waals surface area (Å²) in [5.41, 5.74) is 4.15. The Bertz CT molecular complexity index is 1130. The van der Waals surface area contributed by atoms with Gasteiger partial charge in [-0.3, -0.25) is 4.79 Å². The van der Waals surface area contributed by atoms with Crippen LogP contribution in [0.25, 0.3) is 0 Å². The Labute approximate surface area is 193 Å². The summed E-state index contributed by atoms with van der Waals surface area (Å²) in [6, 6.07) is 19.1. The van der Waals surface area contributed by atoms with Crippen LogP contribution in [-0.4, -0.2) is 24.7 Å². The Hall–Kier alpha value is -3.16. The van der Waals surface area contributed by atoms with E-state index in [2.05, 4.69) is 26.5 Å². The van der Waals surface area contributed by atoms with Crippen LogP contribution in [0.3, 0.4) is 0 Å². The van der Waals surface area contributed by atoms with Gasteiger partial charge < -0.3 is 9.47 Å². The summed E-state index contributed by atoms with van der Waals surface area (Å²) in [6.07, 6.45) is 1.39. The third-order valence-electron chi connectivity index (χ3n) is 4.13. The van der Waals surface area contributed by atoms with Crippen molar-refractivity contribution in [2.24, 2.45) is 5.10 Å². The number of aryl methyl sites for hydroxylation is 1. The second-order valence-electron chi connectivity index (χ2n) is 6.40. The van der Waals surface area contributed by atoms with E-state index in [1.165, 1.54) is 6.21 Å². The predicted molar refractivity (Wildman–Crippen MR) is 123 cm³/mol. The van der Waals surface area contributed by atoms with Crippen molar-refractivity contribution in [3.63, 3.8) is 0 Å². The summed E-state index contributed by atoms with van der Waals surface area (Å²) in [7, 11) is 0. The fourth-order valence-corrected chi connectivity index (χ4v) is 3.15. The van der Waals surface area contributed by atoms with Crippen LogP contribution in [0.5, 0.6) is 11.5 Å². The first-order chi connectivity index (χ1) is 14.9. The van der Waals surface area contributed by atoms with Crippen LogP contribution >= 0.6 is 27.5 Å². The molecule has 1 N–H and O–H groups in total. The molecular weight excluding hydrogens is 484 g/mol. The van der Waals surface area contributed by atoms with Gasteiger partial charge in [0.25, 0.3) is 5.91 Å². The zero-order valence-corrected chi connectivity index (χ0v) is 18.8. The van der Waals surface area contributed by atoms with E-state index in [-0.39, 0.29) is 6.61 Å². The second-order valence-corrected chi connectivity index (χ2v) is 7.72. The molecule has 3 rings (SSSR count). The lowest BCUT2D eigenvalue weighted by Crippen LogP contribution is -2.24. The first kappa shape index (κ1) is 22.5. The number of nitrogens with one attached hydrogen (secondary N) is 1. The summed E-state index contributed by atoms with van der Waals surface area (Å²) in [5, 5.41) is 4.34. The number of benzene rings is 3. The molecule has 0 unspecified atom stereocenters. The lowest BCUT2D eigenvalue weighted by Gasteiger charge is -2.09. The Balaban J connectivity index is 1.64. The number of nitrogens with zero attached hydrogens (tertiary/aromatic N) is 1. The van der Waals surface area contributed by atoms with Crippen LogP contribution in [0.15, 0.2) is 76.3 Å². The van der Waals surface area contributed by atoms with E-state index in [1.54, 1.807) is 54.6 Å². The predicted octanol–water partition coefficient (Wildman–Crippen LogP) is 5.16. The molecule has 0 atom stereocenters. The topological polar surface area (TPSA) is 77.0 Å². The van der Waals surface area contributed by atoms with Crippen molar-refractivity contribution >= 4 is 45.6 Å². The fourth-order valence-electron chi connectivity index (χ4n) is 2.58. The normalized spacial score (nSPS) is 10.7. The number of carbonyl (C=O) groups excluding carboxylic acids is 2. The molecule has 0 fully saturated rings. The molecule has 0 aliphatic heterocycles. The molecule has 0 aliphatic rings. The Morgan fingerprint density at radius 2 is 1.81 bits per heavy atom. The number of amides is 1. The molecule has 31 heavy (non-hydrogen) atoms. The molecule has 6 nitrogen and oxygen atoms in total. The largest absolute Gasteiger partial charge is 0.482 e. The summed E-state index contributed by atoms with van der Waals surface area (Å²) in [5.74, 6) is -0.237. The highest BCUT2D eigenvalue weighted by Crippen LogP contribution is 2.24. The number of hydrogen-bond donors (Lipinski definition) is 1. The average molecular weight is 502 g/mol. The number of halogens is 2. The van der Waals surface area contributed by atoms with Gasteiger partial charge in [0.05, 0.1) is 16.8 Å². The summed E-state index contributed by atoms with van der Waals surface area (Å²) >= 11 is 9.36. The van der Waals surface area contributed by atoms with Crippen molar-refractivity contribution in [2.75, 3.05) is 6.61 Å². The van der Waals surface area contributed by atoms with Crippen molar-refractivity contribution in [2.45, 2.75) is 6.92 Å². The van der Waals surface area contributed by atoms with E-state index in [9.17, 15) is 9.59 Å². The second kappa shape index (κ2) is 10.7. The van der Waals surface area contributed by atoms with Crippen LogP contribution in [0.1, 0.15) is 21.5 Å². The van der Waals surface area contributed by atoms with Gasteiger partial charge in [0, 0.05) is 10.0 Å². The third-order valence-corrected chi connectivity index (χ3v) is 4.93. The van der Waals surface area contributed by atoms with Gasteiger partial charge in [0.15, 0.2) is 6.61 Å². The number of hydrogen-bond acceptors (Lipinski definition) is 5. The Morgan fingerprint density at radius 3 is 2.58 bits per heavy atom. The summed E-state index contributed by atoms with van der Waals surface area (Å²) < 4.78 is 11.7. The van der Waals surface area contributed by atoms with Crippen molar-refractivity contribution in [3.05, 3.63) is 92.9 Å². The maximum absolute atomic E-state index is 12.5. The molecule has 0 saturated heterocycles. The number of ether oxygens (including phenoxy) is 2. The van der Waals surface area contributed by atoms with Gasteiger partial charge in [-0.25, -0.2) is 10.2 Å². The lowest BCUT2D eigenvalue weighted by atomic mass is 10.1. The van der Waals surface area contributed by atoms with E-state index >= 15 is 0 Å². The minimum atomic E-state index is -0.479. The summed E-state index contributed by atoms with van der Waals surface area (Å²) in [6.45, 7) is 1.58. The van der Waals surface area contributed by atoms with Gasteiger partial charge in [0.1, 0.15) is 11.5 Å². The minimum absolute atomic E-state index is 0.255. The molecule has 3 aromatic carbocycles. The molecule has 8 heteroatoms. The van der Waals surface area contributed by atoms with E-state index in [0.29, 0.717) is 27.6 Å². The van der Waals surface area contributed by atoms with Gasteiger partial charge in [-0.1, -0.05) is 57.9 Å². The van der Waals surface area contributed by atoms with Gasteiger partial charge >= 0.3 is 5.97 Å². The SMILES string of the molecule is Cc1ccccc1C(=O)Oc1ccc(Br)cc1/C=N/NC(=O)COc1ccccc1Cl. The molecule has 1 amide bonds. The van der Waals surface area contributed by atoms with Crippen LogP contribution < -0.4 is 14.9 Å². The van der Waals surface area contributed by atoms with Gasteiger partial charge in [-0.2, -0.15) is 5.10 Å². The third kappa shape index (κ3) is 6.41. The highest BCUT2D eigenvalue weighted by Gasteiger charge is 2.13. The zero-order valence-electron chi connectivity index (χ0n) is 16.5. The van der Waals surface area contributed by atoms with E-state index in [4.69, 9.17) is 21.1 Å². The number of para-hydroxylation sites is 1. The molecule has 0 heterocycles. The quantitative estimate of drug-likeness (QED) is 0.210. The average Bonchev–Trinajstić information content (AvgIpc) is 2.75. The molecule has 0 aromatic heterocycles. The number of carbonyl (C=O) groups is 2. The van der Waals surface area contributed by atoms with Gasteiger partial charge in [-0.15, -0.1) is 0 Å². The Kier molecular flexibility index (Phi) is 7.81. The standard InChI is InChI=1S/C23H18BrClN2O4/c1-15-6-2-3-7-18(15)23(29)31-20-11-10-17(24)12-16(20)13-26-27-22(28)14-30-21-9-5-4-8-19(21)25/h2-13H,14H2,1H3,(H,27,28)/b26-13+. The van der Waals surface area contributed by atoms with Crippen LogP contribution in [-0.2, 0) is 4.79 Å². The molecule has 3 aromatic rings. The van der Waals surface area contributed by atoms with Crippen molar-refractivity contribution in [1.82, 2.24) is 5.43 Å². The molecule has 0 radical (unpaired) electrons. The molecule has 0 bridgehead atoms. The minimum Gasteiger partial charge on any atom is -0.482 e. The fraction of sp³-hybridized carbons (Fsp3) is 0.0870. The van der Waals surface area contributed by atoms with E-state index < -0.39 is 11.9 Å². The maximum atomic E-state index is 12.5. The van der Waals surface area contributed by atoms with Crippen LogP contribution in [0.2, 0.25) is 5.02 Å². The molecule has 158 valence electrons. The van der Waals surface area contributed by atoms with E-state index in [0.717, 1.165) is 10.0 Å². The van der Waals surface area contributed by atoms with Crippen LogP contribution in [0, 0.1) is 6.92 Å². The Morgan fingerprint density at radius 1 is 1.06 bits per heavy atom. The molecule has 0 aliphatic carbocycles. The van der Waals surface area contributed by atoms with E-state index in [1.807, 2.05) is 19.1 Å². The van der Waals surface area contributed by atoms with Crippen LogP contribution in [0.4, 0.5) is 0 Å².